The molecule has 3 rings (SSSR count). The molecule has 0 saturated carbocycles. The average Bonchev–Trinajstić information content (AvgIpc) is 2.76. The van der Waals surface area contributed by atoms with E-state index in [1.165, 1.54) is 22.2 Å². The van der Waals surface area contributed by atoms with Crippen LogP contribution in [0.3, 0.4) is 0 Å². The third-order valence-corrected chi connectivity index (χ3v) is 3.32. The summed E-state index contributed by atoms with van der Waals surface area (Å²) in [6.07, 6.45) is 0. The zero-order valence-corrected chi connectivity index (χ0v) is 10.6. The van der Waals surface area contributed by atoms with Crippen molar-refractivity contribution < 1.29 is 4.74 Å². The SMILES string of the molecule is COc1ccc2c(c1)cc(-c1ccccc1)n2C. The number of aryl methyl sites for hydroxylation is 1. The van der Waals surface area contributed by atoms with Crippen molar-refractivity contribution in [1.29, 1.82) is 0 Å². The first kappa shape index (κ1) is 10.9. The first-order chi connectivity index (χ1) is 8.79. The molecule has 0 fully saturated rings. The maximum Gasteiger partial charge on any atom is 0.119 e. The molecule has 0 unspecified atom stereocenters. The molecule has 3 aromatic rings. The molecular formula is C16H15NO. The van der Waals surface area contributed by atoms with Crippen LogP contribution in [0.15, 0.2) is 54.6 Å². The van der Waals surface area contributed by atoms with Crippen LogP contribution in [0.5, 0.6) is 5.75 Å². The molecule has 90 valence electrons. The molecule has 0 aliphatic carbocycles. The van der Waals surface area contributed by atoms with E-state index in [1.807, 2.05) is 12.1 Å². The van der Waals surface area contributed by atoms with E-state index in [4.69, 9.17) is 4.74 Å². The zero-order valence-electron chi connectivity index (χ0n) is 10.6. The second-order valence-corrected chi connectivity index (χ2v) is 4.38. The van der Waals surface area contributed by atoms with Gasteiger partial charge < -0.3 is 9.30 Å². The monoisotopic (exact) mass is 237 g/mol. The smallest absolute Gasteiger partial charge is 0.119 e. The first-order valence-electron chi connectivity index (χ1n) is 5.98. The summed E-state index contributed by atoms with van der Waals surface area (Å²) in [5.41, 5.74) is 3.67. The van der Waals surface area contributed by atoms with Gasteiger partial charge >= 0.3 is 0 Å². The van der Waals surface area contributed by atoms with Gasteiger partial charge in [0, 0.05) is 23.6 Å². The number of rotatable bonds is 2. The lowest BCUT2D eigenvalue weighted by Gasteiger charge is -2.04. The van der Waals surface area contributed by atoms with Gasteiger partial charge in [0.05, 0.1) is 7.11 Å². The van der Waals surface area contributed by atoms with Crippen LogP contribution >= 0.6 is 0 Å². The van der Waals surface area contributed by atoms with Crippen LogP contribution in [0.4, 0.5) is 0 Å². The third kappa shape index (κ3) is 1.66. The molecule has 0 bridgehead atoms. The van der Waals surface area contributed by atoms with E-state index in [-0.39, 0.29) is 0 Å². The quantitative estimate of drug-likeness (QED) is 0.660. The Labute approximate surface area is 106 Å². The largest absolute Gasteiger partial charge is 0.497 e. The summed E-state index contributed by atoms with van der Waals surface area (Å²) in [6.45, 7) is 0. The highest BCUT2D eigenvalue weighted by molar-refractivity contribution is 5.88. The maximum atomic E-state index is 5.27. The second kappa shape index (κ2) is 4.22. The highest BCUT2D eigenvalue weighted by Crippen LogP contribution is 2.29. The number of nitrogens with zero attached hydrogens (tertiary/aromatic N) is 1. The maximum absolute atomic E-state index is 5.27. The van der Waals surface area contributed by atoms with Crippen LogP contribution in [-0.4, -0.2) is 11.7 Å². The molecule has 0 N–H and O–H groups in total. The minimum Gasteiger partial charge on any atom is -0.497 e. The lowest BCUT2D eigenvalue weighted by Crippen LogP contribution is -1.90. The highest BCUT2D eigenvalue weighted by atomic mass is 16.5. The Morgan fingerprint density at radius 3 is 2.44 bits per heavy atom. The van der Waals surface area contributed by atoms with Crippen molar-refractivity contribution in [2.75, 3.05) is 7.11 Å². The molecule has 0 spiro atoms. The normalized spacial score (nSPS) is 10.8. The van der Waals surface area contributed by atoms with E-state index >= 15 is 0 Å². The van der Waals surface area contributed by atoms with E-state index in [2.05, 4.69) is 54.1 Å². The van der Waals surface area contributed by atoms with Gasteiger partial charge in [-0.3, -0.25) is 0 Å². The van der Waals surface area contributed by atoms with Crippen LogP contribution in [0.1, 0.15) is 0 Å². The molecule has 0 aliphatic rings. The Kier molecular flexibility index (Phi) is 2.56. The molecule has 2 nitrogen and oxygen atoms in total. The molecule has 1 heterocycles. The summed E-state index contributed by atoms with van der Waals surface area (Å²) in [5, 5.41) is 1.20. The van der Waals surface area contributed by atoms with Crippen molar-refractivity contribution in [1.82, 2.24) is 4.57 Å². The molecule has 2 heteroatoms. The number of aromatic nitrogens is 1. The number of hydrogen-bond donors (Lipinski definition) is 0. The molecule has 0 aliphatic heterocycles. The molecule has 0 atom stereocenters. The fourth-order valence-electron chi connectivity index (χ4n) is 2.34. The van der Waals surface area contributed by atoms with Crippen LogP contribution < -0.4 is 4.74 Å². The van der Waals surface area contributed by atoms with Gasteiger partial charge in [-0.05, 0) is 29.8 Å². The van der Waals surface area contributed by atoms with Gasteiger partial charge in [-0.25, -0.2) is 0 Å². The van der Waals surface area contributed by atoms with Gasteiger partial charge in [-0.1, -0.05) is 30.3 Å². The topological polar surface area (TPSA) is 14.2 Å². The Bertz CT molecular complexity index is 683. The van der Waals surface area contributed by atoms with Gasteiger partial charge in [0.1, 0.15) is 5.75 Å². The zero-order chi connectivity index (χ0) is 12.5. The van der Waals surface area contributed by atoms with Gasteiger partial charge in [-0.15, -0.1) is 0 Å². The molecule has 0 saturated heterocycles. The first-order valence-corrected chi connectivity index (χ1v) is 5.98. The Morgan fingerprint density at radius 1 is 0.944 bits per heavy atom. The molecule has 2 aromatic carbocycles. The second-order valence-electron chi connectivity index (χ2n) is 4.38. The van der Waals surface area contributed by atoms with Crippen LogP contribution in [-0.2, 0) is 7.05 Å². The molecule has 0 amide bonds. The minimum absolute atomic E-state index is 0.896. The van der Waals surface area contributed by atoms with Crippen molar-refractivity contribution in [2.45, 2.75) is 0 Å². The van der Waals surface area contributed by atoms with E-state index in [0.29, 0.717) is 0 Å². The molecule has 18 heavy (non-hydrogen) atoms. The standard InChI is InChI=1S/C16H15NO/c1-17-15-9-8-14(18-2)10-13(15)11-16(17)12-6-4-3-5-7-12/h3-11H,1-2H3. The van der Waals surface area contributed by atoms with E-state index in [9.17, 15) is 0 Å². The van der Waals surface area contributed by atoms with E-state index in [1.54, 1.807) is 7.11 Å². The van der Waals surface area contributed by atoms with Gasteiger partial charge in [0.2, 0.25) is 0 Å². The predicted octanol–water partition coefficient (Wildman–Crippen LogP) is 3.85. The van der Waals surface area contributed by atoms with Crippen LogP contribution in [0, 0.1) is 0 Å². The lowest BCUT2D eigenvalue weighted by atomic mass is 10.1. The Hall–Kier alpha value is -2.22. The number of methoxy groups -OCH3 is 1. The predicted molar refractivity (Wildman–Crippen MR) is 74.9 cm³/mol. The summed E-state index contributed by atoms with van der Waals surface area (Å²) in [7, 11) is 3.79. The van der Waals surface area contributed by atoms with Gasteiger partial charge in [-0.2, -0.15) is 0 Å². The summed E-state index contributed by atoms with van der Waals surface area (Å²) in [4.78, 5) is 0. The number of hydrogen-bond acceptors (Lipinski definition) is 1. The lowest BCUT2D eigenvalue weighted by molar-refractivity contribution is 0.415. The van der Waals surface area contributed by atoms with Gasteiger partial charge in [0.15, 0.2) is 0 Å². The van der Waals surface area contributed by atoms with Crippen LogP contribution in [0.25, 0.3) is 22.2 Å². The number of ether oxygens (including phenoxy) is 1. The third-order valence-electron chi connectivity index (χ3n) is 3.32. The summed E-state index contributed by atoms with van der Waals surface area (Å²) < 4.78 is 7.48. The Balaban J connectivity index is 2.23. The van der Waals surface area contributed by atoms with Crippen molar-refractivity contribution in [2.24, 2.45) is 7.05 Å². The minimum atomic E-state index is 0.896. The highest BCUT2D eigenvalue weighted by Gasteiger charge is 2.07. The van der Waals surface area contributed by atoms with E-state index < -0.39 is 0 Å². The average molecular weight is 237 g/mol. The molecule has 1 aromatic heterocycles. The van der Waals surface area contributed by atoms with Crippen LogP contribution in [0.2, 0.25) is 0 Å². The van der Waals surface area contributed by atoms with Crippen molar-refractivity contribution in [3.05, 3.63) is 54.6 Å². The fourth-order valence-corrected chi connectivity index (χ4v) is 2.34. The summed E-state index contributed by atoms with van der Waals surface area (Å²) >= 11 is 0. The van der Waals surface area contributed by atoms with Gasteiger partial charge in [0.25, 0.3) is 0 Å². The van der Waals surface area contributed by atoms with E-state index in [0.717, 1.165) is 5.75 Å². The number of benzene rings is 2. The summed E-state index contributed by atoms with van der Waals surface area (Å²) in [6, 6.07) is 18.8. The fraction of sp³-hybridized carbons (Fsp3) is 0.125. The molecule has 0 radical (unpaired) electrons. The number of fused-ring (bicyclic) bond motifs is 1. The van der Waals surface area contributed by atoms with Crippen molar-refractivity contribution in [3.63, 3.8) is 0 Å². The Morgan fingerprint density at radius 2 is 1.72 bits per heavy atom. The summed E-state index contributed by atoms with van der Waals surface area (Å²) in [5.74, 6) is 0.896. The molecular weight excluding hydrogens is 222 g/mol. The van der Waals surface area contributed by atoms with Crippen molar-refractivity contribution >= 4 is 10.9 Å². The van der Waals surface area contributed by atoms with Crippen molar-refractivity contribution in [3.8, 4) is 17.0 Å².